The van der Waals surface area contributed by atoms with Crippen LogP contribution < -0.4 is 10.3 Å². The number of hydrogen-bond acceptors (Lipinski definition) is 5. The van der Waals surface area contributed by atoms with Crippen LogP contribution in [0.5, 0.6) is 5.75 Å². The molecule has 1 aliphatic heterocycles. The standard InChI is InChI=1S/C25H23N3O2S/c1-30-19-9-5-8-18(14-19)23-11-10-20(31-23)15-28-13-12-22-21(16-28)25(29)27-24(26-22)17-6-3-2-4-7-17/h2-11,14H,12-13,15-16H2,1H3,(H,26,27,29). The molecule has 3 heterocycles. The van der Waals surface area contributed by atoms with Gasteiger partial charge in [-0.15, -0.1) is 11.3 Å². The van der Waals surface area contributed by atoms with E-state index in [0.29, 0.717) is 12.4 Å². The van der Waals surface area contributed by atoms with E-state index in [-0.39, 0.29) is 5.56 Å². The highest BCUT2D eigenvalue weighted by Gasteiger charge is 2.22. The van der Waals surface area contributed by atoms with Crippen molar-refractivity contribution in [3.8, 4) is 27.6 Å². The normalized spacial score (nSPS) is 13.7. The summed E-state index contributed by atoms with van der Waals surface area (Å²) in [5.41, 5.74) is 3.77. The van der Waals surface area contributed by atoms with Crippen LogP contribution in [0.4, 0.5) is 0 Å². The molecule has 0 amide bonds. The lowest BCUT2D eigenvalue weighted by Crippen LogP contribution is -2.35. The highest BCUT2D eigenvalue weighted by molar-refractivity contribution is 7.15. The molecule has 1 aliphatic rings. The lowest BCUT2D eigenvalue weighted by Gasteiger charge is -2.27. The van der Waals surface area contributed by atoms with Crippen molar-refractivity contribution in [1.82, 2.24) is 14.9 Å². The van der Waals surface area contributed by atoms with Gasteiger partial charge in [0, 0.05) is 41.4 Å². The third-order valence-corrected chi connectivity index (χ3v) is 6.71. The zero-order chi connectivity index (χ0) is 21.2. The smallest absolute Gasteiger partial charge is 0.255 e. The Balaban J connectivity index is 1.33. The van der Waals surface area contributed by atoms with Gasteiger partial charge in [0.1, 0.15) is 11.6 Å². The van der Waals surface area contributed by atoms with Crippen LogP contribution in [0, 0.1) is 0 Å². The van der Waals surface area contributed by atoms with Crippen molar-refractivity contribution in [3.05, 3.63) is 93.2 Å². The summed E-state index contributed by atoms with van der Waals surface area (Å²) in [6.45, 7) is 2.34. The van der Waals surface area contributed by atoms with Crippen molar-refractivity contribution in [2.45, 2.75) is 19.5 Å². The van der Waals surface area contributed by atoms with Crippen LogP contribution in [0.2, 0.25) is 0 Å². The van der Waals surface area contributed by atoms with Gasteiger partial charge in [0.15, 0.2) is 0 Å². The van der Waals surface area contributed by atoms with E-state index in [9.17, 15) is 4.79 Å². The van der Waals surface area contributed by atoms with Crippen LogP contribution in [0.15, 0.2) is 71.5 Å². The van der Waals surface area contributed by atoms with Crippen LogP contribution in [0.3, 0.4) is 0 Å². The molecule has 156 valence electrons. The summed E-state index contributed by atoms with van der Waals surface area (Å²) in [5, 5.41) is 0. The average Bonchev–Trinajstić information content (AvgIpc) is 3.28. The molecule has 0 atom stereocenters. The number of fused-ring (bicyclic) bond motifs is 1. The molecular formula is C25H23N3O2S. The van der Waals surface area contributed by atoms with Gasteiger partial charge in [-0.25, -0.2) is 4.98 Å². The maximum absolute atomic E-state index is 12.8. The van der Waals surface area contributed by atoms with Gasteiger partial charge in [0.25, 0.3) is 5.56 Å². The molecule has 0 unspecified atom stereocenters. The lowest BCUT2D eigenvalue weighted by atomic mass is 10.1. The van der Waals surface area contributed by atoms with Crippen LogP contribution >= 0.6 is 11.3 Å². The largest absolute Gasteiger partial charge is 0.497 e. The average molecular weight is 430 g/mol. The fourth-order valence-electron chi connectivity index (χ4n) is 3.96. The Hall–Kier alpha value is -3.22. The number of benzene rings is 2. The van der Waals surface area contributed by atoms with Crippen molar-refractivity contribution in [2.75, 3.05) is 13.7 Å². The van der Waals surface area contributed by atoms with E-state index in [4.69, 9.17) is 9.72 Å². The maximum Gasteiger partial charge on any atom is 0.255 e. The summed E-state index contributed by atoms with van der Waals surface area (Å²) in [6.07, 6.45) is 0.785. The molecule has 6 heteroatoms. The zero-order valence-corrected chi connectivity index (χ0v) is 18.1. The summed E-state index contributed by atoms with van der Waals surface area (Å²) in [4.78, 5) is 25.3. The number of ether oxygens (including phenoxy) is 1. The number of nitrogens with zero attached hydrogens (tertiary/aromatic N) is 2. The molecule has 0 fully saturated rings. The molecule has 0 radical (unpaired) electrons. The van der Waals surface area contributed by atoms with Crippen molar-refractivity contribution in [3.63, 3.8) is 0 Å². The Morgan fingerprint density at radius 1 is 1.06 bits per heavy atom. The van der Waals surface area contributed by atoms with Gasteiger partial charge in [-0.1, -0.05) is 42.5 Å². The highest BCUT2D eigenvalue weighted by atomic mass is 32.1. The molecule has 2 aromatic carbocycles. The molecule has 0 saturated carbocycles. The number of hydrogen-bond donors (Lipinski definition) is 1. The molecule has 2 aromatic heterocycles. The first kappa shape index (κ1) is 19.7. The Morgan fingerprint density at radius 3 is 2.74 bits per heavy atom. The molecule has 31 heavy (non-hydrogen) atoms. The molecule has 5 rings (SSSR count). The molecule has 0 saturated heterocycles. The van der Waals surface area contributed by atoms with Gasteiger partial charge < -0.3 is 9.72 Å². The molecule has 0 aliphatic carbocycles. The number of methoxy groups -OCH3 is 1. The predicted octanol–water partition coefficient (Wildman–Crippen LogP) is 4.73. The molecular weight excluding hydrogens is 406 g/mol. The lowest BCUT2D eigenvalue weighted by molar-refractivity contribution is 0.244. The number of aromatic amines is 1. The Kier molecular flexibility index (Phi) is 5.40. The SMILES string of the molecule is COc1cccc(-c2ccc(CN3CCc4nc(-c5ccccc5)[nH]c(=O)c4C3)s2)c1. The van der Waals surface area contributed by atoms with Crippen LogP contribution in [0.25, 0.3) is 21.8 Å². The fourth-order valence-corrected chi connectivity index (χ4v) is 5.01. The van der Waals surface area contributed by atoms with E-state index in [0.717, 1.165) is 47.6 Å². The number of H-pyrrole nitrogens is 1. The topological polar surface area (TPSA) is 58.2 Å². The van der Waals surface area contributed by atoms with E-state index in [1.165, 1.54) is 9.75 Å². The number of rotatable bonds is 5. The fraction of sp³-hybridized carbons (Fsp3) is 0.200. The minimum atomic E-state index is -0.0307. The molecule has 1 N–H and O–H groups in total. The second-order valence-corrected chi connectivity index (χ2v) is 8.83. The highest BCUT2D eigenvalue weighted by Crippen LogP contribution is 2.31. The number of thiophene rings is 1. The second-order valence-electron chi connectivity index (χ2n) is 7.66. The molecule has 0 spiro atoms. The van der Waals surface area contributed by atoms with Gasteiger partial charge >= 0.3 is 0 Å². The van der Waals surface area contributed by atoms with Crippen LogP contribution in [-0.2, 0) is 19.5 Å². The third kappa shape index (κ3) is 4.17. The van der Waals surface area contributed by atoms with E-state index in [1.807, 2.05) is 42.5 Å². The van der Waals surface area contributed by atoms with Crippen molar-refractivity contribution >= 4 is 11.3 Å². The first-order chi connectivity index (χ1) is 15.2. The van der Waals surface area contributed by atoms with Crippen LogP contribution in [0.1, 0.15) is 16.1 Å². The van der Waals surface area contributed by atoms with E-state index >= 15 is 0 Å². The third-order valence-electron chi connectivity index (χ3n) is 5.59. The quantitative estimate of drug-likeness (QED) is 0.498. The monoisotopic (exact) mass is 429 g/mol. The van der Waals surface area contributed by atoms with Gasteiger partial charge in [-0.3, -0.25) is 9.69 Å². The van der Waals surface area contributed by atoms with Gasteiger partial charge in [0.2, 0.25) is 0 Å². The Morgan fingerprint density at radius 2 is 1.90 bits per heavy atom. The minimum Gasteiger partial charge on any atom is -0.497 e. The summed E-state index contributed by atoms with van der Waals surface area (Å²) in [6, 6.07) is 22.3. The first-order valence-electron chi connectivity index (χ1n) is 10.3. The van der Waals surface area contributed by atoms with Crippen molar-refractivity contribution in [1.29, 1.82) is 0 Å². The minimum absolute atomic E-state index is 0.0307. The number of aromatic nitrogens is 2. The summed E-state index contributed by atoms with van der Waals surface area (Å²) < 4.78 is 5.34. The van der Waals surface area contributed by atoms with Gasteiger partial charge in [-0.2, -0.15) is 0 Å². The molecule has 0 bridgehead atoms. The maximum atomic E-state index is 12.8. The van der Waals surface area contributed by atoms with Crippen LogP contribution in [-0.4, -0.2) is 28.5 Å². The summed E-state index contributed by atoms with van der Waals surface area (Å²) >= 11 is 1.79. The molecule has 4 aromatic rings. The molecule has 5 nitrogen and oxygen atoms in total. The van der Waals surface area contributed by atoms with Gasteiger partial charge in [-0.05, 0) is 29.8 Å². The zero-order valence-electron chi connectivity index (χ0n) is 17.3. The van der Waals surface area contributed by atoms with Crippen molar-refractivity contribution in [2.24, 2.45) is 0 Å². The predicted molar refractivity (Wildman–Crippen MR) is 124 cm³/mol. The summed E-state index contributed by atoms with van der Waals surface area (Å²) in [7, 11) is 1.69. The van der Waals surface area contributed by atoms with E-state index < -0.39 is 0 Å². The van der Waals surface area contributed by atoms with E-state index in [2.05, 4.69) is 34.1 Å². The van der Waals surface area contributed by atoms with E-state index in [1.54, 1.807) is 18.4 Å². The van der Waals surface area contributed by atoms with Gasteiger partial charge in [0.05, 0.1) is 18.4 Å². The number of nitrogens with one attached hydrogen (secondary N) is 1. The second kappa shape index (κ2) is 8.49. The Bertz CT molecular complexity index is 1260. The Labute approximate surface area is 185 Å². The van der Waals surface area contributed by atoms with Crippen molar-refractivity contribution < 1.29 is 4.74 Å². The first-order valence-corrected chi connectivity index (χ1v) is 11.1. The summed E-state index contributed by atoms with van der Waals surface area (Å²) in [5.74, 6) is 1.51.